The smallest absolute Gasteiger partial charge is 0.223 e. The Morgan fingerprint density at radius 3 is 2.52 bits per heavy atom. The van der Waals surface area contributed by atoms with Crippen molar-refractivity contribution < 1.29 is 14.3 Å². The molecular formula is C18H28N2O3. The molecule has 1 fully saturated rings. The number of rotatable bonds is 6. The van der Waals surface area contributed by atoms with Crippen molar-refractivity contribution >= 4 is 5.91 Å². The fourth-order valence-corrected chi connectivity index (χ4v) is 2.98. The van der Waals surface area contributed by atoms with Crippen LogP contribution in [0.2, 0.25) is 0 Å². The summed E-state index contributed by atoms with van der Waals surface area (Å²) < 4.78 is 10.7. The SMILES string of the molecule is COc1ccc(CN2CCC(C(=O)NC(C)C)CC2)c(OC)c1. The van der Waals surface area contributed by atoms with Crippen molar-refractivity contribution in [3.05, 3.63) is 23.8 Å². The molecule has 0 bridgehead atoms. The van der Waals surface area contributed by atoms with Crippen molar-refractivity contribution in [3.63, 3.8) is 0 Å². The lowest BCUT2D eigenvalue weighted by atomic mass is 9.95. The molecule has 0 radical (unpaired) electrons. The fraction of sp³-hybridized carbons (Fsp3) is 0.611. The molecule has 1 aliphatic heterocycles. The van der Waals surface area contributed by atoms with E-state index in [9.17, 15) is 4.79 Å². The standard InChI is InChI=1S/C18H28N2O3/c1-13(2)19-18(21)14-7-9-20(10-8-14)12-15-5-6-16(22-3)11-17(15)23-4/h5-6,11,13-14H,7-10,12H2,1-4H3,(H,19,21). The van der Waals surface area contributed by atoms with E-state index in [4.69, 9.17) is 9.47 Å². The van der Waals surface area contributed by atoms with Crippen LogP contribution in [0.15, 0.2) is 18.2 Å². The van der Waals surface area contributed by atoms with E-state index in [1.54, 1.807) is 14.2 Å². The average Bonchev–Trinajstić information content (AvgIpc) is 2.55. The van der Waals surface area contributed by atoms with Crippen LogP contribution in [0.3, 0.4) is 0 Å². The normalized spacial score (nSPS) is 16.4. The van der Waals surface area contributed by atoms with Gasteiger partial charge in [-0.1, -0.05) is 6.07 Å². The first-order valence-electron chi connectivity index (χ1n) is 8.27. The Morgan fingerprint density at radius 2 is 1.96 bits per heavy atom. The topological polar surface area (TPSA) is 50.8 Å². The van der Waals surface area contributed by atoms with E-state index < -0.39 is 0 Å². The predicted octanol–water partition coefficient (Wildman–Crippen LogP) is 2.44. The van der Waals surface area contributed by atoms with Crippen LogP contribution in [0, 0.1) is 5.92 Å². The number of amides is 1. The first kappa shape index (κ1) is 17.6. The molecule has 1 heterocycles. The summed E-state index contributed by atoms with van der Waals surface area (Å²) in [4.78, 5) is 14.5. The van der Waals surface area contributed by atoms with Crippen molar-refractivity contribution in [2.45, 2.75) is 39.3 Å². The zero-order valence-electron chi connectivity index (χ0n) is 14.6. The number of piperidine rings is 1. The number of hydrogen-bond acceptors (Lipinski definition) is 4. The van der Waals surface area contributed by atoms with Crippen molar-refractivity contribution in [2.75, 3.05) is 27.3 Å². The lowest BCUT2D eigenvalue weighted by Gasteiger charge is -2.32. The van der Waals surface area contributed by atoms with Crippen LogP contribution >= 0.6 is 0 Å². The van der Waals surface area contributed by atoms with Crippen molar-refractivity contribution in [2.24, 2.45) is 5.92 Å². The molecule has 1 N–H and O–H groups in total. The lowest BCUT2D eigenvalue weighted by Crippen LogP contribution is -2.42. The van der Waals surface area contributed by atoms with Crippen LogP contribution in [-0.2, 0) is 11.3 Å². The van der Waals surface area contributed by atoms with E-state index in [1.807, 2.05) is 26.0 Å². The summed E-state index contributed by atoms with van der Waals surface area (Å²) in [5, 5.41) is 3.02. The van der Waals surface area contributed by atoms with Gasteiger partial charge in [-0.3, -0.25) is 9.69 Å². The molecule has 2 rings (SSSR count). The Kier molecular flexibility index (Phi) is 6.28. The number of methoxy groups -OCH3 is 2. The Bertz CT molecular complexity index is 523. The van der Waals surface area contributed by atoms with Crippen LogP contribution in [0.5, 0.6) is 11.5 Å². The molecule has 5 heteroatoms. The zero-order valence-corrected chi connectivity index (χ0v) is 14.6. The van der Waals surface area contributed by atoms with Crippen LogP contribution in [0.1, 0.15) is 32.3 Å². The highest BCUT2D eigenvalue weighted by Crippen LogP contribution is 2.27. The summed E-state index contributed by atoms with van der Waals surface area (Å²) in [7, 11) is 3.34. The van der Waals surface area contributed by atoms with Gasteiger partial charge in [0, 0.05) is 30.1 Å². The lowest BCUT2D eigenvalue weighted by molar-refractivity contribution is -0.127. The highest BCUT2D eigenvalue weighted by molar-refractivity contribution is 5.78. The van der Waals surface area contributed by atoms with Crippen LogP contribution in [0.25, 0.3) is 0 Å². The van der Waals surface area contributed by atoms with Gasteiger partial charge in [0.1, 0.15) is 11.5 Å². The second kappa shape index (κ2) is 8.20. The minimum atomic E-state index is 0.145. The van der Waals surface area contributed by atoms with Gasteiger partial charge in [0.25, 0.3) is 0 Å². The molecule has 1 amide bonds. The van der Waals surface area contributed by atoms with E-state index in [2.05, 4.69) is 16.3 Å². The average molecular weight is 320 g/mol. The molecule has 1 aromatic carbocycles. The molecule has 0 atom stereocenters. The van der Waals surface area contributed by atoms with Gasteiger partial charge < -0.3 is 14.8 Å². The second-order valence-corrected chi connectivity index (χ2v) is 6.39. The Morgan fingerprint density at radius 1 is 1.26 bits per heavy atom. The summed E-state index contributed by atoms with van der Waals surface area (Å²) in [6.07, 6.45) is 1.83. The van der Waals surface area contributed by atoms with Crippen molar-refractivity contribution in [1.82, 2.24) is 10.2 Å². The predicted molar refractivity (Wildman–Crippen MR) is 90.8 cm³/mol. The first-order chi connectivity index (χ1) is 11.0. The molecule has 1 saturated heterocycles. The number of nitrogens with zero attached hydrogens (tertiary/aromatic N) is 1. The highest BCUT2D eigenvalue weighted by atomic mass is 16.5. The molecule has 0 aromatic heterocycles. The maximum Gasteiger partial charge on any atom is 0.223 e. The van der Waals surface area contributed by atoms with E-state index in [-0.39, 0.29) is 17.9 Å². The summed E-state index contributed by atoms with van der Waals surface area (Å²) >= 11 is 0. The molecule has 128 valence electrons. The number of hydrogen-bond donors (Lipinski definition) is 1. The maximum absolute atomic E-state index is 12.1. The van der Waals surface area contributed by atoms with Gasteiger partial charge in [0.15, 0.2) is 0 Å². The third-order valence-corrected chi connectivity index (χ3v) is 4.28. The molecule has 1 aromatic rings. The quantitative estimate of drug-likeness (QED) is 0.875. The number of carbonyl (C=O) groups is 1. The van der Waals surface area contributed by atoms with Gasteiger partial charge in [-0.05, 0) is 45.8 Å². The number of nitrogens with one attached hydrogen (secondary N) is 1. The second-order valence-electron chi connectivity index (χ2n) is 6.39. The fourth-order valence-electron chi connectivity index (χ4n) is 2.98. The molecule has 0 spiro atoms. The Balaban J connectivity index is 1.90. The molecule has 23 heavy (non-hydrogen) atoms. The van der Waals surface area contributed by atoms with E-state index in [1.165, 1.54) is 0 Å². The number of ether oxygens (including phenoxy) is 2. The molecule has 0 aliphatic carbocycles. The minimum Gasteiger partial charge on any atom is -0.497 e. The van der Waals surface area contributed by atoms with Crippen molar-refractivity contribution in [3.8, 4) is 11.5 Å². The van der Waals surface area contributed by atoms with Gasteiger partial charge in [0.05, 0.1) is 14.2 Å². The number of likely N-dealkylation sites (tertiary alicyclic amines) is 1. The monoisotopic (exact) mass is 320 g/mol. The molecule has 1 aliphatic rings. The molecule has 0 saturated carbocycles. The van der Waals surface area contributed by atoms with Crippen LogP contribution < -0.4 is 14.8 Å². The minimum absolute atomic E-state index is 0.145. The molecule has 5 nitrogen and oxygen atoms in total. The Hall–Kier alpha value is -1.75. The summed E-state index contributed by atoms with van der Waals surface area (Å²) in [5.74, 6) is 1.99. The third-order valence-electron chi connectivity index (χ3n) is 4.28. The largest absolute Gasteiger partial charge is 0.497 e. The van der Waals surface area contributed by atoms with Gasteiger partial charge in [0.2, 0.25) is 5.91 Å². The first-order valence-corrected chi connectivity index (χ1v) is 8.27. The van der Waals surface area contributed by atoms with Gasteiger partial charge in [-0.25, -0.2) is 0 Å². The summed E-state index contributed by atoms with van der Waals surface area (Å²) in [5.41, 5.74) is 1.15. The number of carbonyl (C=O) groups excluding carboxylic acids is 1. The molecule has 0 unspecified atom stereocenters. The van der Waals surface area contributed by atoms with Gasteiger partial charge >= 0.3 is 0 Å². The van der Waals surface area contributed by atoms with Gasteiger partial charge in [-0.2, -0.15) is 0 Å². The number of benzene rings is 1. The van der Waals surface area contributed by atoms with E-state index in [0.717, 1.165) is 49.5 Å². The van der Waals surface area contributed by atoms with E-state index >= 15 is 0 Å². The highest BCUT2D eigenvalue weighted by Gasteiger charge is 2.25. The van der Waals surface area contributed by atoms with Crippen molar-refractivity contribution in [1.29, 1.82) is 0 Å². The van der Waals surface area contributed by atoms with Crippen LogP contribution in [0.4, 0.5) is 0 Å². The maximum atomic E-state index is 12.1. The third kappa shape index (κ3) is 4.86. The van der Waals surface area contributed by atoms with Crippen LogP contribution in [-0.4, -0.2) is 44.2 Å². The zero-order chi connectivity index (χ0) is 16.8. The summed E-state index contributed by atoms with van der Waals surface area (Å²) in [6, 6.07) is 6.14. The summed E-state index contributed by atoms with van der Waals surface area (Å²) in [6.45, 7) is 6.72. The van der Waals surface area contributed by atoms with Gasteiger partial charge in [-0.15, -0.1) is 0 Å². The molecular weight excluding hydrogens is 292 g/mol. The Labute approximate surface area is 139 Å². The van der Waals surface area contributed by atoms with E-state index in [0.29, 0.717) is 0 Å².